The minimum Gasteiger partial charge on any atom is -0.398 e. The second-order valence-electron chi connectivity index (χ2n) is 4.03. The zero-order valence-electron chi connectivity index (χ0n) is 8.53. The quantitative estimate of drug-likeness (QED) is 0.641. The number of nitrogens with two attached hydrogens (primary N) is 1. The van der Waals surface area contributed by atoms with Gasteiger partial charge in [-0.1, -0.05) is 36.4 Å². The summed E-state index contributed by atoms with van der Waals surface area (Å²) in [6, 6.07) is 10.5. The predicted molar refractivity (Wildman–Crippen MR) is 65.7 cm³/mol. The number of anilines is 1. The largest absolute Gasteiger partial charge is 0.398 e. The first-order valence-electron chi connectivity index (χ1n) is 5.33. The van der Waals surface area contributed by atoms with Crippen molar-refractivity contribution in [2.24, 2.45) is 0 Å². The topological polar surface area (TPSA) is 26.0 Å². The summed E-state index contributed by atoms with van der Waals surface area (Å²) in [7, 11) is 0. The number of fused-ring (bicyclic) bond motifs is 3. The molecule has 0 saturated heterocycles. The Hall–Kier alpha value is -1.76. The average molecular weight is 195 g/mol. The summed E-state index contributed by atoms with van der Waals surface area (Å²) >= 11 is 0. The van der Waals surface area contributed by atoms with Gasteiger partial charge in [0.25, 0.3) is 0 Å². The fraction of sp³-hybridized carbons (Fsp3) is 0.143. The van der Waals surface area contributed by atoms with Crippen LogP contribution in [0, 0.1) is 0 Å². The minimum absolute atomic E-state index is 0.902. The van der Waals surface area contributed by atoms with Crippen molar-refractivity contribution in [2.75, 3.05) is 5.73 Å². The average Bonchev–Trinajstić information content (AvgIpc) is 2.30. The van der Waals surface area contributed by atoms with Gasteiger partial charge in [0.05, 0.1) is 0 Å². The monoisotopic (exact) mass is 195 g/mol. The molecule has 0 saturated carbocycles. The van der Waals surface area contributed by atoms with Crippen LogP contribution in [0.1, 0.15) is 17.5 Å². The van der Waals surface area contributed by atoms with E-state index in [1.165, 1.54) is 21.9 Å². The summed E-state index contributed by atoms with van der Waals surface area (Å²) in [5.41, 5.74) is 9.69. The van der Waals surface area contributed by atoms with Crippen molar-refractivity contribution >= 4 is 22.5 Å². The number of rotatable bonds is 0. The van der Waals surface area contributed by atoms with Crippen LogP contribution >= 0.6 is 0 Å². The van der Waals surface area contributed by atoms with E-state index in [-0.39, 0.29) is 0 Å². The lowest BCUT2D eigenvalue weighted by Crippen LogP contribution is -1.98. The molecule has 1 aliphatic rings. The molecule has 0 aliphatic heterocycles. The van der Waals surface area contributed by atoms with Crippen molar-refractivity contribution in [2.45, 2.75) is 12.8 Å². The molecule has 0 atom stereocenters. The maximum Gasteiger partial charge on any atom is 0.0396 e. The Labute approximate surface area is 89.2 Å². The van der Waals surface area contributed by atoms with E-state index in [0.717, 1.165) is 18.5 Å². The number of allylic oxidation sites excluding steroid dienone is 1. The van der Waals surface area contributed by atoms with Crippen LogP contribution in [-0.2, 0) is 6.42 Å². The van der Waals surface area contributed by atoms with Gasteiger partial charge in [0.1, 0.15) is 0 Å². The van der Waals surface area contributed by atoms with Gasteiger partial charge >= 0.3 is 0 Å². The first kappa shape index (κ1) is 8.54. The molecule has 0 spiro atoms. The van der Waals surface area contributed by atoms with E-state index in [2.05, 4.69) is 36.4 Å². The molecule has 1 aliphatic carbocycles. The summed E-state index contributed by atoms with van der Waals surface area (Å²) in [5.74, 6) is 0. The van der Waals surface area contributed by atoms with E-state index in [0.29, 0.717) is 0 Å². The summed E-state index contributed by atoms with van der Waals surface area (Å²) in [6.45, 7) is 0. The van der Waals surface area contributed by atoms with Gasteiger partial charge in [-0.2, -0.15) is 0 Å². The third-order valence-corrected chi connectivity index (χ3v) is 3.07. The van der Waals surface area contributed by atoms with E-state index >= 15 is 0 Å². The van der Waals surface area contributed by atoms with E-state index in [1.54, 1.807) is 0 Å². The van der Waals surface area contributed by atoms with Gasteiger partial charge in [0.2, 0.25) is 0 Å². The molecule has 0 aromatic heterocycles. The molecule has 2 aromatic carbocycles. The van der Waals surface area contributed by atoms with E-state index in [4.69, 9.17) is 5.73 Å². The number of hydrogen-bond acceptors (Lipinski definition) is 1. The molecule has 2 aromatic rings. The van der Waals surface area contributed by atoms with Crippen LogP contribution in [0.25, 0.3) is 16.8 Å². The number of aryl methyl sites for hydroxylation is 1. The molecule has 0 bridgehead atoms. The molecule has 1 heteroatoms. The standard InChI is InChI=1S/C14H13N/c15-14-9-10-5-1-2-6-11(10)12-7-3-4-8-13(12)14/h2-4,6-9H,1,5,15H2. The zero-order chi connectivity index (χ0) is 10.3. The van der Waals surface area contributed by atoms with Crippen molar-refractivity contribution in [3.63, 3.8) is 0 Å². The van der Waals surface area contributed by atoms with Gasteiger partial charge < -0.3 is 5.73 Å². The molecule has 0 unspecified atom stereocenters. The van der Waals surface area contributed by atoms with Gasteiger partial charge in [-0.05, 0) is 35.4 Å². The molecule has 0 heterocycles. The molecule has 1 nitrogen and oxygen atoms in total. The number of benzene rings is 2. The van der Waals surface area contributed by atoms with Crippen molar-refractivity contribution < 1.29 is 0 Å². The van der Waals surface area contributed by atoms with Crippen molar-refractivity contribution in [3.05, 3.63) is 47.5 Å². The Morgan fingerprint density at radius 2 is 1.87 bits per heavy atom. The second kappa shape index (κ2) is 3.13. The van der Waals surface area contributed by atoms with Gasteiger partial charge in [0, 0.05) is 11.1 Å². The highest BCUT2D eigenvalue weighted by Crippen LogP contribution is 2.31. The molecular formula is C14H13N. The molecular weight excluding hydrogens is 182 g/mol. The molecule has 15 heavy (non-hydrogen) atoms. The Balaban J connectivity index is 2.46. The first-order chi connectivity index (χ1) is 7.36. The number of nitrogen functional groups attached to an aromatic ring is 1. The SMILES string of the molecule is Nc1cc2c(c3ccccc13)C=CCC2. The number of hydrogen-bond donors (Lipinski definition) is 1. The zero-order valence-corrected chi connectivity index (χ0v) is 8.53. The van der Waals surface area contributed by atoms with E-state index in [9.17, 15) is 0 Å². The highest BCUT2D eigenvalue weighted by atomic mass is 14.6. The third-order valence-electron chi connectivity index (χ3n) is 3.07. The smallest absolute Gasteiger partial charge is 0.0396 e. The Kier molecular flexibility index (Phi) is 1.78. The van der Waals surface area contributed by atoms with Crippen LogP contribution in [0.4, 0.5) is 5.69 Å². The molecule has 3 rings (SSSR count). The van der Waals surface area contributed by atoms with Gasteiger partial charge in [0.15, 0.2) is 0 Å². The lowest BCUT2D eigenvalue weighted by Gasteiger charge is -2.14. The van der Waals surface area contributed by atoms with Gasteiger partial charge in [-0.3, -0.25) is 0 Å². The summed E-state index contributed by atoms with van der Waals surface area (Å²) < 4.78 is 0. The molecule has 2 N–H and O–H groups in total. The van der Waals surface area contributed by atoms with E-state index in [1.807, 2.05) is 6.07 Å². The van der Waals surface area contributed by atoms with Crippen LogP contribution in [0.3, 0.4) is 0 Å². The second-order valence-corrected chi connectivity index (χ2v) is 4.03. The van der Waals surface area contributed by atoms with Crippen molar-refractivity contribution in [1.29, 1.82) is 0 Å². The summed E-state index contributed by atoms with van der Waals surface area (Å²) in [5, 5.41) is 2.45. The van der Waals surface area contributed by atoms with Gasteiger partial charge in [-0.15, -0.1) is 0 Å². The maximum absolute atomic E-state index is 6.06. The first-order valence-corrected chi connectivity index (χ1v) is 5.33. The maximum atomic E-state index is 6.06. The van der Waals surface area contributed by atoms with Crippen LogP contribution in [-0.4, -0.2) is 0 Å². The van der Waals surface area contributed by atoms with Crippen molar-refractivity contribution in [1.82, 2.24) is 0 Å². The van der Waals surface area contributed by atoms with Gasteiger partial charge in [-0.25, -0.2) is 0 Å². The van der Waals surface area contributed by atoms with Crippen LogP contribution in [0.5, 0.6) is 0 Å². The Morgan fingerprint density at radius 3 is 2.73 bits per heavy atom. The van der Waals surface area contributed by atoms with Crippen molar-refractivity contribution in [3.8, 4) is 0 Å². The summed E-state index contributed by atoms with van der Waals surface area (Å²) in [6.07, 6.45) is 6.71. The fourth-order valence-corrected chi connectivity index (χ4v) is 2.33. The molecule has 0 amide bonds. The summed E-state index contributed by atoms with van der Waals surface area (Å²) in [4.78, 5) is 0. The Bertz CT molecular complexity index is 553. The fourth-order valence-electron chi connectivity index (χ4n) is 2.33. The normalized spacial score (nSPS) is 14.1. The highest BCUT2D eigenvalue weighted by molar-refractivity contribution is 5.99. The highest BCUT2D eigenvalue weighted by Gasteiger charge is 2.10. The molecule has 0 fully saturated rings. The Morgan fingerprint density at radius 1 is 1.07 bits per heavy atom. The third kappa shape index (κ3) is 1.23. The lowest BCUT2D eigenvalue weighted by atomic mass is 9.91. The predicted octanol–water partition coefficient (Wildman–Crippen LogP) is 3.38. The molecule has 74 valence electrons. The minimum atomic E-state index is 0.902. The molecule has 0 radical (unpaired) electrons. The van der Waals surface area contributed by atoms with Crippen LogP contribution in [0.15, 0.2) is 36.4 Å². The van der Waals surface area contributed by atoms with Crippen LogP contribution < -0.4 is 5.73 Å². The lowest BCUT2D eigenvalue weighted by molar-refractivity contribution is 0.990. The van der Waals surface area contributed by atoms with Crippen LogP contribution in [0.2, 0.25) is 0 Å². The van der Waals surface area contributed by atoms with E-state index < -0.39 is 0 Å².